The van der Waals surface area contributed by atoms with Crippen molar-refractivity contribution in [2.24, 2.45) is 0 Å². The molecule has 1 aliphatic rings. The topological polar surface area (TPSA) is 59.9 Å². The third kappa shape index (κ3) is 3.22. The molecule has 0 saturated carbocycles. The lowest BCUT2D eigenvalue weighted by Gasteiger charge is -2.30. The van der Waals surface area contributed by atoms with Crippen molar-refractivity contribution in [3.63, 3.8) is 0 Å². The number of fused-ring (bicyclic) bond motifs is 1. The highest BCUT2D eigenvalue weighted by Crippen LogP contribution is 2.25. The van der Waals surface area contributed by atoms with Gasteiger partial charge in [0.05, 0.1) is 25.0 Å². The van der Waals surface area contributed by atoms with E-state index in [1.54, 1.807) is 0 Å². The number of hydrogen-bond donors (Lipinski definition) is 1. The predicted molar refractivity (Wildman–Crippen MR) is 111 cm³/mol. The first-order chi connectivity index (χ1) is 13.3. The maximum absolute atomic E-state index is 11.5. The Labute approximate surface area is 160 Å². The second-order valence-electron chi connectivity index (χ2n) is 6.80. The lowest BCUT2D eigenvalue weighted by Crippen LogP contribution is -2.40. The molecule has 5 rings (SSSR count). The summed E-state index contributed by atoms with van der Waals surface area (Å²) in [5.74, 6) is 1.53. The summed E-state index contributed by atoms with van der Waals surface area (Å²) in [5.41, 5.74) is 5.61. The summed E-state index contributed by atoms with van der Waals surface area (Å²) in [4.78, 5) is 5.52. The van der Waals surface area contributed by atoms with Gasteiger partial charge in [-0.05, 0) is 42.0 Å². The second-order valence-corrected chi connectivity index (χ2v) is 8.50. The van der Waals surface area contributed by atoms with Crippen LogP contribution in [0.15, 0.2) is 67.1 Å². The van der Waals surface area contributed by atoms with Gasteiger partial charge in [-0.2, -0.15) is 5.10 Å². The van der Waals surface area contributed by atoms with Gasteiger partial charge in [0.25, 0.3) is 0 Å². The molecule has 5 nitrogen and oxygen atoms in total. The summed E-state index contributed by atoms with van der Waals surface area (Å²) >= 11 is -0.645. The van der Waals surface area contributed by atoms with Gasteiger partial charge in [0, 0.05) is 34.5 Å². The van der Waals surface area contributed by atoms with Crippen LogP contribution < -0.4 is 4.90 Å². The standard InChI is InChI=1S/C21H20N4OS/c26-27-11-9-24(10-12-27)19-3-1-16(2-4-19)18-14-23-25(15-18)20-5-6-21-17(13-20)7-8-22-21/h1-8,13-15,22H,9-12H2. The summed E-state index contributed by atoms with van der Waals surface area (Å²) in [7, 11) is 0. The number of nitrogens with zero attached hydrogens (tertiary/aromatic N) is 3. The van der Waals surface area contributed by atoms with Crippen LogP contribution >= 0.6 is 0 Å². The van der Waals surface area contributed by atoms with Crippen LogP contribution in [0.1, 0.15) is 0 Å². The first kappa shape index (κ1) is 16.5. The fourth-order valence-corrected chi connectivity index (χ4v) is 4.61. The van der Waals surface area contributed by atoms with E-state index in [0.29, 0.717) is 0 Å². The highest BCUT2D eigenvalue weighted by Gasteiger charge is 2.19. The largest absolute Gasteiger partial charge is 0.616 e. The zero-order valence-corrected chi connectivity index (χ0v) is 15.7. The van der Waals surface area contributed by atoms with Gasteiger partial charge in [-0.25, -0.2) is 4.68 Å². The molecule has 0 amide bonds. The monoisotopic (exact) mass is 376 g/mol. The molecule has 27 heavy (non-hydrogen) atoms. The molecule has 4 aromatic rings. The Hall–Kier alpha value is -2.70. The summed E-state index contributed by atoms with van der Waals surface area (Å²) in [6.07, 6.45) is 5.91. The van der Waals surface area contributed by atoms with Crippen LogP contribution in [0.4, 0.5) is 5.69 Å². The Bertz CT molecular complexity index is 1060. The maximum Gasteiger partial charge on any atom is 0.123 e. The molecule has 3 heterocycles. The van der Waals surface area contributed by atoms with E-state index >= 15 is 0 Å². The van der Waals surface area contributed by atoms with Gasteiger partial charge >= 0.3 is 0 Å². The fraction of sp³-hybridized carbons (Fsp3) is 0.190. The number of anilines is 1. The average Bonchev–Trinajstić information content (AvgIpc) is 3.38. The van der Waals surface area contributed by atoms with E-state index in [-0.39, 0.29) is 0 Å². The van der Waals surface area contributed by atoms with Gasteiger partial charge in [0.15, 0.2) is 0 Å². The maximum atomic E-state index is 11.5. The summed E-state index contributed by atoms with van der Waals surface area (Å²) in [6.45, 7) is 1.73. The minimum Gasteiger partial charge on any atom is -0.616 e. The molecule has 0 aliphatic carbocycles. The Balaban J connectivity index is 1.37. The van der Waals surface area contributed by atoms with Crippen LogP contribution in [-0.2, 0) is 11.2 Å². The van der Waals surface area contributed by atoms with Crippen molar-refractivity contribution in [1.29, 1.82) is 0 Å². The van der Waals surface area contributed by atoms with E-state index in [4.69, 9.17) is 0 Å². The number of benzene rings is 2. The normalized spacial score (nSPS) is 15.5. The Morgan fingerprint density at radius 2 is 1.70 bits per heavy atom. The minimum atomic E-state index is -0.645. The van der Waals surface area contributed by atoms with Gasteiger partial charge in [0.2, 0.25) is 0 Å². The molecule has 1 fully saturated rings. The zero-order chi connectivity index (χ0) is 18.2. The quantitative estimate of drug-likeness (QED) is 0.556. The van der Waals surface area contributed by atoms with Crippen molar-refractivity contribution >= 4 is 27.8 Å². The highest BCUT2D eigenvalue weighted by molar-refractivity contribution is 7.91. The molecule has 0 atom stereocenters. The molecular formula is C21H20N4OS. The van der Waals surface area contributed by atoms with E-state index < -0.39 is 11.2 Å². The van der Waals surface area contributed by atoms with Crippen LogP contribution in [0.5, 0.6) is 0 Å². The summed E-state index contributed by atoms with van der Waals surface area (Å²) in [6, 6.07) is 16.9. The Kier molecular flexibility index (Phi) is 4.14. The summed E-state index contributed by atoms with van der Waals surface area (Å²) in [5, 5.41) is 5.71. The van der Waals surface area contributed by atoms with Gasteiger partial charge in [0.1, 0.15) is 11.5 Å². The smallest absolute Gasteiger partial charge is 0.123 e. The molecule has 0 spiro atoms. The van der Waals surface area contributed by atoms with E-state index in [1.807, 2.05) is 17.1 Å². The van der Waals surface area contributed by atoms with Crippen molar-refractivity contribution in [3.8, 4) is 16.8 Å². The van der Waals surface area contributed by atoms with Gasteiger partial charge in [-0.15, -0.1) is 0 Å². The molecule has 1 N–H and O–H groups in total. The Morgan fingerprint density at radius 3 is 2.52 bits per heavy atom. The lowest BCUT2D eigenvalue weighted by atomic mass is 10.1. The molecular weight excluding hydrogens is 356 g/mol. The molecule has 136 valence electrons. The number of aromatic nitrogens is 3. The van der Waals surface area contributed by atoms with Crippen molar-refractivity contribution in [2.75, 3.05) is 29.5 Å². The van der Waals surface area contributed by atoms with Crippen LogP contribution in [0, 0.1) is 0 Å². The third-order valence-electron chi connectivity index (χ3n) is 5.13. The first-order valence-corrected chi connectivity index (χ1v) is 10.6. The highest BCUT2D eigenvalue weighted by atomic mass is 32.2. The number of H-pyrrole nitrogens is 1. The molecule has 2 aromatic heterocycles. The first-order valence-electron chi connectivity index (χ1n) is 9.09. The predicted octanol–water partition coefficient (Wildman–Crippen LogP) is 3.59. The van der Waals surface area contributed by atoms with Crippen molar-refractivity contribution in [3.05, 3.63) is 67.1 Å². The molecule has 1 aliphatic heterocycles. The second kappa shape index (κ2) is 6.79. The lowest BCUT2D eigenvalue weighted by molar-refractivity contribution is 0.586. The van der Waals surface area contributed by atoms with Gasteiger partial charge in [-0.1, -0.05) is 23.3 Å². The zero-order valence-electron chi connectivity index (χ0n) is 14.8. The molecule has 6 heteroatoms. The SMILES string of the molecule is [O-][S+]1CCN(c2ccc(-c3cnn(-c4ccc5[nH]ccc5c4)c3)cc2)CC1. The number of nitrogens with one attached hydrogen (secondary N) is 1. The minimum absolute atomic E-state index is 0.645. The van der Waals surface area contributed by atoms with E-state index in [1.165, 1.54) is 11.1 Å². The van der Waals surface area contributed by atoms with Crippen LogP contribution in [0.25, 0.3) is 27.7 Å². The number of rotatable bonds is 3. The summed E-state index contributed by atoms with van der Waals surface area (Å²) < 4.78 is 13.4. The van der Waals surface area contributed by atoms with Crippen LogP contribution in [0.2, 0.25) is 0 Å². The molecule has 0 bridgehead atoms. The van der Waals surface area contributed by atoms with Crippen LogP contribution in [0.3, 0.4) is 0 Å². The molecule has 2 aromatic carbocycles. The molecule has 0 radical (unpaired) electrons. The molecule has 0 unspecified atom stereocenters. The van der Waals surface area contributed by atoms with Crippen molar-refractivity contribution in [2.45, 2.75) is 0 Å². The number of hydrogen-bond acceptors (Lipinski definition) is 3. The Morgan fingerprint density at radius 1 is 0.926 bits per heavy atom. The van der Waals surface area contributed by atoms with Crippen molar-refractivity contribution < 1.29 is 4.55 Å². The van der Waals surface area contributed by atoms with Gasteiger partial charge in [-0.3, -0.25) is 0 Å². The molecule has 1 saturated heterocycles. The fourth-order valence-electron chi connectivity index (χ4n) is 3.56. The van der Waals surface area contributed by atoms with Crippen molar-refractivity contribution in [1.82, 2.24) is 14.8 Å². The van der Waals surface area contributed by atoms with E-state index in [9.17, 15) is 4.55 Å². The van der Waals surface area contributed by atoms with E-state index in [2.05, 4.69) is 69.7 Å². The van der Waals surface area contributed by atoms with Crippen LogP contribution in [-0.4, -0.2) is 43.9 Å². The van der Waals surface area contributed by atoms with Gasteiger partial charge < -0.3 is 14.4 Å². The van der Waals surface area contributed by atoms with E-state index in [0.717, 1.165) is 46.9 Å². The third-order valence-corrected chi connectivity index (χ3v) is 6.40. The number of aromatic amines is 1. The average molecular weight is 376 g/mol.